The molecule has 1 heterocycles. The van der Waals surface area contributed by atoms with Gasteiger partial charge in [-0.05, 0) is 68.2 Å². The van der Waals surface area contributed by atoms with Gasteiger partial charge in [0.1, 0.15) is 6.54 Å². The van der Waals surface area contributed by atoms with Crippen LogP contribution in [0.4, 0.5) is 10.5 Å². The Labute approximate surface area is 168 Å². The van der Waals surface area contributed by atoms with Crippen LogP contribution >= 0.6 is 11.6 Å². The maximum Gasteiger partial charge on any atom is 0.334 e. The monoisotopic (exact) mass is 403 g/mol. The number of nitrogens with one attached hydrogen (secondary N) is 1. The Hall–Kier alpha value is -2.41. The number of hydrogen-bond donors (Lipinski definition) is 1. The van der Waals surface area contributed by atoms with Gasteiger partial charge in [0.25, 0.3) is 0 Å². The van der Waals surface area contributed by atoms with Crippen molar-refractivity contribution in [2.75, 3.05) is 11.9 Å². The average Bonchev–Trinajstić information content (AvgIpc) is 3.35. The van der Waals surface area contributed by atoms with Crippen LogP contribution in [-0.2, 0) is 14.4 Å². The van der Waals surface area contributed by atoms with Gasteiger partial charge in [0, 0.05) is 16.8 Å². The first-order chi connectivity index (χ1) is 13.3. The van der Waals surface area contributed by atoms with Gasteiger partial charge in [0.05, 0.1) is 0 Å². The summed E-state index contributed by atoms with van der Waals surface area (Å²) in [5.41, 5.74) is 0.493. The molecule has 4 rings (SSSR count). The number of nitrogens with zero attached hydrogens (tertiary/aromatic N) is 2. The molecule has 1 saturated heterocycles. The first-order valence-corrected chi connectivity index (χ1v) is 9.97. The normalized spacial score (nSPS) is 27.6. The fraction of sp³-hybridized carbons (Fsp3) is 0.500. The number of urea groups is 1. The SMILES string of the molecule is C[C@H]([C@@H]1C[C@@H]2CC[C@@H]1C2)N1C(=O)C(=O)N(CC(=O)Nc2ccc(Cl)cc2)C1=O. The third-order valence-electron chi connectivity index (χ3n) is 6.33. The minimum absolute atomic E-state index is 0.238. The van der Waals surface area contributed by atoms with Crippen molar-refractivity contribution in [2.24, 2.45) is 17.8 Å². The van der Waals surface area contributed by atoms with E-state index in [1.54, 1.807) is 24.3 Å². The van der Waals surface area contributed by atoms with Gasteiger partial charge in [-0.25, -0.2) is 9.69 Å². The van der Waals surface area contributed by atoms with Gasteiger partial charge in [-0.1, -0.05) is 18.0 Å². The van der Waals surface area contributed by atoms with Crippen molar-refractivity contribution in [1.29, 1.82) is 0 Å². The Morgan fingerprint density at radius 3 is 2.46 bits per heavy atom. The Morgan fingerprint density at radius 1 is 1.14 bits per heavy atom. The predicted octanol–water partition coefficient (Wildman–Crippen LogP) is 2.89. The minimum atomic E-state index is -0.939. The first-order valence-electron chi connectivity index (χ1n) is 9.59. The van der Waals surface area contributed by atoms with E-state index in [1.165, 1.54) is 6.42 Å². The number of benzene rings is 1. The number of anilines is 1. The number of fused-ring (bicyclic) bond motifs is 2. The molecule has 0 unspecified atom stereocenters. The summed E-state index contributed by atoms with van der Waals surface area (Å²) >= 11 is 5.81. The van der Waals surface area contributed by atoms with Crippen LogP contribution in [-0.4, -0.2) is 46.1 Å². The van der Waals surface area contributed by atoms with Crippen molar-refractivity contribution in [3.05, 3.63) is 29.3 Å². The summed E-state index contributed by atoms with van der Waals surface area (Å²) in [6.45, 7) is 1.34. The van der Waals surface area contributed by atoms with E-state index in [0.717, 1.165) is 29.1 Å². The lowest BCUT2D eigenvalue weighted by Crippen LogP contribution is -2.45. The second-order valence-corrected chi connectivity index (χ2v) is 8.42. The zero-order chi connectivity index (χ0) is 20.0. The molecule has 148 valence electrons. The molecule has 0 radical (unpaired) electrons. The smallest absolute Gasteiger partial charge is 0.325 e. The molecule has 1 aromatic carbocycles. The molecule has 2 saturated carbocycles. The zero-order valence-corrected chi connectivity index (χ0v) is 16.3. The third kappa shape index (κ3) is 3.28. The summed E-state index contributed by atoms with van der Waals surface area (Å²) in [6, 6.07) is 5.43. The lowest BCUT2D eigenvalue weighted by molar-refractivity contribution is -0.144. The molecule has 3 fully saturated rings. The molecular formula is C20H22ClN3O4. The number of carbonyl (C=O) groups excluding carboxylic acids is 4. The van der Waals surface area contributed by atoms with Crippen LogP contribution in [0.2, 0.25) is 5.02 Å². The van der Waals surface area contributed by atoms with Crippen molar-refractivity contribution < 1.29 is 19.2 Å². The van der Waals surface area contributed by atoms with E-state index in [1.807, 2.05) is 6.92 Å². The number of carbonyl (C=O) groups is 4. The van der Waals surface area contributed by atoms with Crippen LogP contribution in [0.5, 0.6) is 0 Å². The Morgan fingerprint density at radius 2 is 1.86 bits per heavy atom. The average molecular weight is 404 g/mol. The second-order valence-electron chi connectivity index (χ2n) is 7.98. The number of hydrogen-bond acceptors (Lipinski definition) is 4. The number of amides is 5. The highest BCUT2D eigenvalue weighted by Gasteiger charge is 2.52. The van der Waals surface area contributed by atoms with Crippen LogP contribution in [0.15, 0.2) is 24.3 Å². The van der Waals surface area contributed by atoms with Gasteiger partial charge in [-0.3, -0.25) is 19.3 Å². The van der Waals surface area contributed by atoms with E-state index in [2.05, 4.69) is 5.32 Å². The van der Waals surface area contributed by atoms with Gasteiger partial charge in [0.15, 0.2) is 0 Å². The summed E-state index contributed by atoms with van der Waals surface area (Å²) in [7, 11) is 0. The largest absolute Gasteiger partial charge is 0.334 e. The molecule has 3 aliphatic rings. The minimum Gasteiger partial charge on any atom is -0.325 e. The van der Waals surface area contributed by atoms with Crippen molar-refractivity contribution in [3.63, 3.8) is 0 Å². The van der Waals surface area contributed by atoms with Crippen molar-refractivity contribution >= 4 is 41.0 Å². The van der Waals surface area contributed by atoms with E-state index in [-0.39, 0.29) is 12.0 Å². The van der Waals surface area contributed by atoms with Crippen molar-refractivity contribution in [2.45, 2.75) is 38.6 Å². The lowest BCUT2D eigenvalue weighted by Gasteiger charge is -2.32. The van der Waals surface area contributed by atoms with Gasteiger partial charge in [0.2, 0.25) is 5.91 Å². The summed E-state index contributed by atoms with van der Waals surface area (Å²) in [5, 5.41) is 3.13. The Bertz CT molecular complexity index is 840. The molecule has 4 atom stereocenters. The van der Waals surface area contributed by atoms with Crippen LogP contribution in [0.3, 0.4) is 0 Å². The van der Waals surface area contributed by atoms with Gasteiger partial charge < -0.3 is 5.32 Å². The molecule has 1 aliphatic heterocycles. The Balaban J connectivity index is 1.43. The zero-order valence-electron chi connectivity index (χ0n) is 15.6. The predicted molar refractivity (Wildman–Crippen MR) is 102 cm³/mol. The molecule has 1 N–H and O–H groups in total. The van der Waals surface area contributed by atoms with E-state index in [0.29, 0.717) is 22.5 Å². The van der Waals surface area contributed by atoms with E-state index < -0.39 is 30.3 Å². The quantitative estimate of drug-likeness (QED) is 0.605. The summed E-state index contributed by atoms with van der Waals surface area (Å²) < 4.78 is 0. The van der Waals surface area contributed by atoms with Crippen LogP contribution in [0.1, 0.15) is 32.6 Å². The van der Waals surface area contributed by atoms with E-state index in [9.17, 15) is 19.2 Å². The number of halogens is 1. The molecule has 8 heteroatoms. The van der Waals surface area contributed by atoms with Crippen molar-refractivity contribution in [3.8, 4) is 0 Å². The molecular weight excluding hydrogens is 382 g/mol. The third-order valence-corrected chi connectivity index (χ3v) is 6.59. The highest BCUT2D eigenvalue weighted by atomic mass is 35.5. The molecule has 2 aliphatic carbocycles. The molecule has 5 amide bonds. The van der Waals surface area contributed by atoms with E-state index in [4.69, 9.17) is 11.6 Å². The van der Waals surface area contributed by atoms with Gasteiger partial charge >= 0.3 is 17.8 Å². The molecule has 0 spiro atoms. The second kappa shape index (κ2) is 7.20. The Kier molecular flexibility index (Phi) is 4.87. The van der Waals surface area contributed by atoms with Crippen LogP contribution in [0, 0.1) is 17.8 Å². The standard InChI is InChI=1S/C20H22ClN3O4/c1-11(16-9-12-2-3-13(16)8-12)24-19(27)18(26)23(20(24)28)10-17(25)22-15-6-4-14(21)5-7-15/h4-7,11-13,16H,2-3,8-10H2,1H3,(H,22,25)/t11-,12-,13-,16+/m1/s1. The highest BCUT2D eigenvalue weighted by molar-refractivity contribution is 6.45. The van der Waals surface area contributed by atoms with Gasteiger partial charge in [-0.2, -0.15) is 0 Å². The molecule has 2 bridgehead atoms. The number of rotatable bonds is 5. The maximum atomic E-state index is 12.8. The fourth-order valence-electron chi connectivity index (χ4n) is 4.97. The maximum absolute atomic E-state index is 12.8. The molecule has 7 nitrogen and oxygen atoms in total. The van der Waals surface area contributed by atoms with Crippen LogP contribution in [0.25, 0.3) is 0 Å². The highest BCUT2D eigenvalue weighted by Crippen LogP contribution is 2.50. The first kappa shape index (κ1) is 18.9. The van der Waals surface area contributed by atoms with Crippen molar-refractivity contribution in [1.82, 2.24) is 9.80 Å². The molecule has 1 aromatic rings. The number of imide groups is 2. The summed E-state index contributed by atoms with van der Waals surface area (Å²) in [6.07, 6.45) is 4.48. The summed E-state index contributed by atoms with van der Waals surface area (Å²) in [5.74, 6) is -0.903. The van der Waals surface area contributed by atoms with E-state index >= 15 is 0 Å². The fourth-order valence-corrected chi connectivity index (χ4v) is 5.10. The molecule has 0 aromatic heterocycles. The topological polar surface area (TPSA) is 86.8 Å². The van der Waals surface area contributed by atoms with Crippen LogP contribution < -0.4 is 5.32 Å². The lowest BCUT2D eigenvalue weighted by atomic mass is 9.83. The van der Waals surface area contributed by atoms with Gasteiger partial charge in [-0.15, -0.1) is 0 Å². The molecule has 28 heavy (non-hydrogen) atoms. The summed E-state index contributed by atoms with van der Waals surface area (Å²) in [4.78, 5) is 51.7.